The van der Waals surface area contributed by atoms with Gasteiger partial charge in [0.25, 0.3) is 0 Å². The van der Waals surface area contributed by atoms with Crippen molar-refractivity contribution in [3.8, 4) is 5.75 Å². The van der Waals surface area contributed by atoms with Gasteiger partial charge in [-0.1, -0.05) is 18.2 Å². The third-order valence-corrected chi connectivity index (χ3v) is 4.15. The molecule has 0 saturated heterocycles. The number of hydrogen-bond acceptors (Lipinski definition) is 6. The minimum atomic E-state index is -1.08. The Labute approximate surface area is 125 Å². The molecule has 0 radical (unpaired) electrons. The Balaban J connectivity index is 1.78. The van der Waals surface area contributed by atoms with E-state index in [4.69, 9.17) is 15.6 Å². The van der Waals surface area contributed by atoms with Crippen molar-refractivity contribution < 1.29 is 14.6 Å². The van der Waals surface area contributed by atoms with Gasteiger partial charge in [0.1, 0.15) is 11.8 Å². The lowest BCUT2D eigenvalue weighted by atomic mass is 10.0. The quantitative estimate of drug-likeness (QED) is 0.801. The Morgan fingerprint density at radius 2 is 2.33 bits per heavy atom. The summed E-state index contributed by atoms with van der Waals surface area (Å²) in [6, 6.07) is 6.89. The lowest BCUT2D eigenvalue weighted by Gasteiger charge is -2.26. The number of para-hydroxylation sites is 1. The van der Waals surface area contributed by atoms with Gasteiger partial charge in [-0.2, -0.15) is 0 Å². The standard InChI is InChI=1S/C14H15N3O3S/c15-12(13(18)19)10-7-21-14(17-10)16-9-5-6-20-11-4-2-1-3-8(9)11/h1-4,7,9,12H,5-6,15H2,(H,16,17)(H,18,19). The maximum atomic E-state index is 10.9. The molecule has 4 N–H and O–H groups in total. The highest BCUT2D eigenvalue weighted by molar-refractivity contribution is 7.13. The minimum absolute atomic E-state index is 0.106. The predicted molar refractivity (Wildman–Crippen MR) is 79.6 cm³/mol. The molecule has 110 valence electrons. The van der Waals surface area contributed by atoms with E-state index < -0.39 is 12.0 Å². The van der Waals surface area contributed by atoms with Crippen LogP contribution in [0.15, 0.2) is 29.6 Å². The molecule has 0 fully saturated rings. The number of anilines is 1. The highest BCUT2D eigenvalue weighted by Crippen LogP contribution is 2.34. The summed E-state index contributed by atoms with van der Waals surface area (Å²) in [5, 5.41) is 14.6. The van der Waals surface area contributed by atoms with Gasteiger partial charge >= 0.3 is 5.97 Å². The number of carboxylic acids is 1. The monoisotopic (exact) mass is 305 g/mol. The van der Waals surface area contributed by atoms with Crippen LogP contribution in [0.5, 0.6) is 5.75 Å². The van der Waals surface area contributed by atoms with Crippen LogP contribution in [0.1, 0.15) is 29.8 Å². The van der Waals surface area contributed by atoms with Gasteiger partial charge in [0.05, 0.1) is 18.3 Å². The largest absolute Gasteiger partial charge is 0.493 e. The molecule has 2 heterocycles. The van der Waals surface area contributed by atoms with Crippen LogP contribution in [0.3, 0.4) is 0 Å². The van der Waals surface area contributed by atoms with E-state index in [1.54, 1.807) is 5.38 Å². The number of nitrogens with one attached hydrogen (secondary N) is 1. The van der Waals surface area contributed by atoms with Gasteiger partial charge in [0.15, 0.2) is 5.13 Å². The van der Waals surface area contributed by atoms with Crippen molar-refractivity contribution in [1.29, 1.82) is 0 Å². The molecule has 7 heteroatoms. The summed E-state index contributed by atoms with van der Waals surface area (Å²) in [5.41, 5.74) is 7.01. The second kappa shape index (κ2) is 5.71. The maximum absolute atomic E-state index is 10.9. The number of nitrogens with two attached hydrogens (primary N) is 1. The molecule has 3 rings (SSSR count). The molecule has 1 aliphatic rings. The van der Waals surface area contributed by atoms with Crippen molar-refractivity contribution in [3.63, 3.8) is 0 Å². The van der Waals surface area contributed by atoms with Crippen LogP contribution in [0.25, 0.3) is 0 Å². The van der Waals surface area contributed by atoms with Crippen molar-refractivity contribution >= 4 is 22.4 Å². The molecular formula is C14H15N3O3S. The van der Waals surface area contributed by atoms with E-state index in [2.05, 4.69) is 10.3 Å². The molecular weight excluding hydrogens is 290 g/mol. The Morgan fingerprint density at radius 3 is 3.14 bits per heavy atom. The summed E-state index contributed by atoms with van der Waals surface area (Å²) in [6.45, 7) is 0.640. The molecule has 0 amide bonds. The highest BCUT2D eigenvalue weighted by atomic mass is 32.1. The van der Waals surface area contributed by atoms with E-state index in [0.717, 1.165) is 17.7 Å². The summed E-state index contributed by atoms with van der Waals surface area (Å²) in [4.78, 5) is 15.1. The number of rotatable bonds is 4. The minimum Gasteiger partial charge on any atom is -0.493 e. The molecule has 1 aliphatic heterocycles. The second-order valence-electron chi connectivity index (χ2n) is 4.77. The molecule has 0 aliphatic carbocycles. The first-order valence-corrected chi connectivity index (χ1v) is 7.45. The molecule has 2 unspecified atom stereocenters. The topological polar surface area (TPSA) is 97.5 Å². The zero-order valence-corrected chi connectivity index (χ0v) is 12.0. The van der Waals surface area contributed by atoms with Crippen LogP contribution in [0.2, 0.25) is 0 Å². The van der Waals surface area contributed by atoms with Crippen LogP contribution in [0, 0.1) is 0 Å². The Hall–Kier alpha value is -2.12. The number of thiazole rings is 1. The van der Waals surface area contributed by atoms with Crippen LogP contribution >= 0.6 is 11.3 Å². The van der Waals surface area contributed by atoms with Crippen LogP contribution in [0.4, 0.5) is 5.13 Å². The number of nitrogens with zero attached hydrogens (tertiary/aromatic N) is 1. The first-order chi connectivity index (χ1) is 10.1. The molecule has 2 atom stereocenters. The van der Waals surface area contributed by atoms with E-state index in [0.29, 0.717) is 17.4 Å². The van der Waals surface area contributed by atoms with E-state index in [1.807, 2.05) is 24.3 Å². The van der Waals surface area contributed by atoms with Crippen LogP contribution < -0.4 is 15.8 Å². The molecule has 2 aromatic rings. The lowest BCUT2D eigenvalue weighted by Crippen LogP contribution is -2.22. The zero-order valence-electron chi connectivity index (χ0n) is 11.2. The van der Waals surface area contributed by atoms with Crippen molar-refractivity contribution in [2.45, 2.75) is 18.5 Å². The van der Waals surface area contributed by atoms with E-state index >= 15 is 0 Å². The Bertz CT molecular complexity index is 658. The lowest BCUT2D eigenvalue weighted by molar-refractivity contribution is -0.138. The average molecular weight is 305 g/mol. The third kappa shape index (κ3) is 2.84. The van der Waals surface area contributed by atoms with E-state index in [1.165, 1.54) is 11.3 Å². The van der Waals surface area contributed by atoms with Crippen molar-refractivity contribution in [1.82, 2.24) is 4.98 Å². The predicted octanol–water partition coefficient (Wildman–Crippen LogP) is 2.16. The Morgan fingerprint density at radius 1 is 1.52 bits per heavy atom. The SMILES string of the molecule is NC(C(=O)O)c1csc(NC2CCOc3ccccc32)n1. The molecule has 21 heavy (non-hydrogen) atoms. The smallest absolute Gasteiger partial charge is 0.326 e. The molecule has 0 saturated carbocycles. The van der Waals surface area contributed by atoms with Crippen LogP contribution in [-0.4, -0.2) is 22.7 Å². The second-order valence-corrected chi connectivity index (χ2v) is 5.62. The average Bonchev–Trinajstić information content (AvgIpc) is 2.95. The number of carbonyl (C=O) groups is 1. The van der Waals surface area contributed by atoms with Crippen molar-refractivity contribution in [3.05, 3.63) is 40.9 Å². The molecule has 6 nitrogen and oxygen atoms in total. The summed E-state index contributed by atoms with van der Waals surface area (Å²) in [5.74, 6) is -0.205. The summed E-state index contributed by atoms with van der Waals surface area (Å²) in [6.07, 6.45) is 0.830. The van der Waals surface area contributed by atoms with Gasteiger partial charge < -0.3 is 20.9 Å². The molecule has 0 bridgehead atoms. The van der Waals surface area contributed by atoms with Gasteiger partial charge in [-0.15, -0.1) is 11.3 Å². The first-order valence-electron chi connectivity index (χ1n) is 6.57. The van der Waals surface area contributed by atoms with Gasteiger partial charge in [-0.05, 0) is 6.07 Å². The van der Waals surface area contributed by atoms with Gasteiger partial charge in [0, 0.05) is 17.4 Å². The fraction of sp³-hybridized carbons (Fsp3) is 0.286. The number of fused-ring (bicyclic) bond motifs is 1. The summed E-state index contributed by atoms with van der Waals surface area (Å²) in [7, 11) is 0. The normalized spacial score (nSPS) is 18.4. The maximum Gasteiger partial charge on any atom is 0.326 e. The fourth-order valence-corrected chi connectivity index (χ4v) is 3.06. The Kier molecular flexibility index (Phi) is 3.76. The number of carboxylic acid groups (broad SMARTS) is 1. The number of aromatic nitrogens is 1. The zero-order chi connectivity index (χ0) is 14.8. The van der Waals surface area contributed by atoms with Crippen molar-refractivity contribution in [2.24, 2.45) is 5.73 Å². The van der Waals surface area contributed by atoms with Crippen LogP contribution in [-0.2, 0) is 4.79 Å². The number of benzene rings is 1. The number of ether oxygens (including phenoxy) is 1. The van der Waals surface area contributed by atoms with E-state index in [-0.39, 0.29) is 6.04 Å². The number of hydrogen-bond donors (Lipinski definition) is 3. The third-order valence-electron chi connectivity index (χ3n) is 3.36. The van der Waals surface area contributed by atoms with Gasteiger partial charge in [-0.25, -0.2) is 4.98 Å². The molecule has 1 aromatic heterocycles. The summed E-state index contributed by atoms with van der Waals surface area (Å²) >= 11 is 1.36. The van der Waals surface area contributed by atoms with E-state index in [9.17, 15) is 4.79 Å². The van der Waals surface area contributed by atoms with Crippen molar-refractivity contribution in [2.75, 3.05) is 11.9 Å². The highest BCUT2D eigenvalue weighted by Gasteiger charge is 2.23. The molecule has 1 aromatic carbocycles. The first kappa shape index (κ1) is 13.8. The number of aliphatic carboxylic acids is 1. The molecule has 0 spiro atoms. The summed E-state index contributed by atoms with van der Waals surface area (Å²) < 4.78 is 5.61. The van der Waals surface area contributed by atoms with Gasteiger partial charge in [-0.3, -0.25) is 4.79 Å². The van der Waals surface area contributed by atoms with Gasteiger partial charge in [0.2, 0.25) is 0 Å². The fourth-order valence-electron chi connectivity index (χ4n) is 2.26.